The molecule has 2 aromatic rings. The van der Waals surface area contributed by atoms with Crippen molar-refractivity contribution in [1.82, 2.24) is 15.2 Å². The zero-order chi connectivity index (χ0) is 17.9. The molecule has 4 nitrogen and oxygen atoms in total. The van der Waals surface area contributed by atoms with Gasteiger partial charge < -0.3 is 10.2 Å². The van der Waals surface area contributed by atoms with Gasteiger partial charge in [-0.25, -0.2) is 22.5 Å². The van der Waals surface area contributed by atoms with Crippen LogP contribution in [0.2, 0.25) is 0 Å². The van der Waals surface area contributed by atoms with E-state index >= 15 is 0 Å². The number of aryl methyl sites for hydroxylation is 1. The first-order valence-corrected chi connectivity index (χ1v) is 7.86. The fraction of sp³-hybridized carbons (Fsp3) is 0.333. The summed E-state index contributed by atoms with van der Waals surface area (Å²) in [5, 5.41) is 5.49. The number of aliphatic imine (C=N–C) groups is 1. The maximum atomic E-state index is 13.7. The van der Waals surface area contributed by atoms with E-state index in [9.17, 15) is 17.6 Å². The van der Waals surface area contributed by atoms with Crippen LogP contribution < -0.4 is 5.32 Å². The Bertz CT molecular complexity index is 740. The van der Waals surface area contributed by atoms with Gasteiger partial charge in [-0.2, -0.15) is 0 Å². The van der Waals surface area contributed by atoms with Gasteiger partial charge in [-0.05, 0) is 6.92 Å². The number of halogens is 5. The van der Waals surface area contributed by atoms with Gasteiger partial charge in [0, 0.05) is 37.6 Å². The Kier molecular flexibility index (Phi) is 8.06. The summed E-state index contributed by atoms with van der Waals surface area (Å²) in [6, 6.07) is 0.180. The minimum atomic E-state index is -1.44. The molecule has 1 aromatic heterocycles. The quantitative estimate of drug-likeness (QED) is 0.234. The second-order valence-corrected chi connectivity index (χ2v) is 6.12. The van der Waals surface area contributed by atoms with Crippen molar-refractivity contribution in [3.63, 3.8) is 0 Å². The standard InChI is InChI=1S/C15H16F4N4S.HI/c1-8-22-9(7-24-8)6-23(3)15(20-2)21-5-10-13(18)11(16)4-12(17)14(10)19;/h4,7H,5-6H2,1-3H3,(H,20,21);1H. The molecule has 0 aliphatic heterocycles. The van der Waals surface area contributed by atoms with E-state index in [2.05, 4.69) is 15.3 Å². The largest absolute Gasteiger partial charge is 0.352 e. The molecule has 0 saturated heterocycles. The van der Waals surface area contributed by atoms with Crippen LogP contribution in [-0.4, -0.2) is 29.9 Å². The molecule has 1 N–H and O–H groups in total. The number of aromatic nitrogens is 1. The van der Waals surface area contributed by atoms with Gasteiger partial charge in [-0.15, -0.1) is 35.3 Å². The summed E-state index contributed by atoms with van der Waals surface area (Å²) < 4.78 is 53.8. The number of thiazole rings is 1. The third-order valence-electron chi connectivity index (χ3n) is 3.27. The molecule has 1 aromatic carbocycles. The number of benzene rings is 1. The first-order chi connectivity index (χ1) is 11.3. The van der Waals surface area contributed by atoms with Crippen molar-refractivity contribution in [2.75, 3.05) is 14.1 Å². The van der Waals surface area contributed by atoms with Crippen LogP contribution in [0.5, 0.6) is 0 Å². The molecule has 0 atom stereocenters. The number of hydrogen-bond acceptors (Lipinski definition) is 3. The fourth-order valence-electron chi connectivity index (χ4n) is 2.13. The Labute approximate surface area is 164 Å². The van der Waals surface area contributed by atoms with Crippen molar-refractivity contribution in [2.45, 2.75) is 20.0 Å². The van der Waals surface area contributed by atoms with E-state index < -0.39 is 35.4 Å². The minimum Gasteiger partial charge on any atom is -0.352 e. The van der Waals surface area contributed by atoms with Crippen LogP contribution >= 0.6 is 35.3 Å². The van der Waals surface area contributed by atoms with E-state index in [0.29, 0.717) is 12.5 Å². The molecular formula is C15H17F4IN4S. The summed E-state index contributed by atoms with van der Waals surface area (Å²) in [6.45, 7) is 1.86. The normalized spacial score (nSPS) is 11.2. The van der Waals surface area contributed by atoms with Crippen LogP contribution in [0.25, 0.3) is 0 Å². The summed E-state index contributed by atoms with van der Waals surface area (Å²) in [7, 11) is 3.20. The second kappa shape index (κ2) is 9.32. The number of guanidine groups is 1. The Morgan fingerprint density at radius 1 is 1.24 bits per heavy atom. The number of nitrogens with one attached hydrogen (secondary N) is 1. The zero-order valence-electron chi connectivity index (χ0n) is 13.7. The maximum absolute atomic E-state index is 13.7. The highest BCUT2D eigenvalue weighted by Gasteiger charge is 2.19. The van der Waals surface area contributed by atoms with Crippen LogP contribution in [-0.2, 0) is 13.1 Å². The molecule has 0 bridgehead atoms. The molecule has 0 spiro atoms. The lowest BCUT2D eigenvalue weighted by molar-refractivity contribution is 0.431. The van der Waals surface area contributed by atoms with Crippen LogP contribution in [0.4, 0.5) is 17.6 Å². The van der Waals surface area contributed by atoms with Crippen LogP contribution in [0.3, 0.4) is 0 Å². The van der Waals surface area contributed by atoms with Gasteiger partial charge in [0.25, 0.3) is 0 Å². The molecule has 0 fully saturated rings. The average molecular weight is 488 g/mol. The number of nitrogens with zero attached hydrogens (tertiary/aromatic N) is 3. The number of hydrogen-bond donors (Lipinski definition) is 1. The molecule has 0 unspecified atom stereocenters. The number of rotatable bonds is 4. The monoisotopic (exact) mass is 488 g/mol. The second-order valence-electron chi connectivity index (χ2n) is 5.06. The van der Waals surface area contributed by atoms with Gasteiger partial charge in [0.15, 0.2) is 29.2 Å². The van der Waals surface area contributed by atoms with Gasteiger partial charge in [0.2, 0.25) is 0 Å². The topological polar surface area (TPSA) is 40.5 Å². The molecule has 0 amide bonds. The van der Waals surface area contributed by atoms with Crippen molar-refractivity contribution >= 4 is 41.3 Å². The van der Waals surface area contributed by atoms with Crippen LogP contribution in [0.1, 0.15) is 16.3 Å². The van der Waals surface area contributed by atoms with Gasteiger partial charge in [0.1, 0.15) is 0 Å². The van der Waals surface area contributed by atoms with Gasteiger partial charge in [-0.3, -0.25) is 4.99 Å². The van der Waals surface area contributed by atoms with Gasteiger partial charge in [-0.1, -0.05) is 0 Å². The predicted molar refractivity (Wildman–Crippen MR) is 100 cm³/mol. The summed E-state index contributed by atoms with van der Waals surface area (Å²) in [5.41, 5.74) is 0.101. The van der Waals surface area contributed by atoms with E-state index in [-0.39, 0.29) is 30.0 Å². The summed E-state index contributed by atoms with van der Waals surface area (Å²) >= 11 is 1.50. The van der Waals surface area contributed by atoms with E-state index in [1.807, 2.05) is 12.3 Å². The zero-order valence-corrected chi connectivity index (χ0v) is 16.9. The smallest absolute Gasteiger partial charge is 0.194 e. The molecule has 1 heterocycles. The Balaban J connectivity index is 0.00000312. The summed E-state index contributed by atoms with van der Waals surface area (Å²) in [6.07, 6.45) is 0. The first kappa shape index (κ1) is 21.6. The lowest BCUT2D eigenvalue weighted by Crippen LogP contribution is -2.38. The molecule has 0 radical (unpaired) electrons. The van der Waals surface area contributed by atoms with Crippen molar-refractivity contribution in [1.29, 1.82) is 0 Å². The molecule has 10 heteroatoms. The maximum Gasteiger partial charge on any atom is 0.194 e. The minimum absolute atomic E-state index is 0. The van der Waals surface area contributed by atoms with Gasteiger partial charge >= 0.3 is 0 Å². The Hall–Kier alpha value is -1.43. The lowest BCUT2D eigenvalue weighted by atomic mass is 10.2. The predicted octanol–water partition coefficient (Wildman–Crippen LogP) is 3.83. The van der Waals surface area contributed by atoms with E-state index in [1.54, 1.807) is 11.9 Å². The lowest BCUT2D eigenvalue weighted by Gasteiger charge is -2.21. The van der Waals surface area contributed by atoms with Crippen LogP contribution in [0, 0.1) is 30.2 Å². The van der Waals surface area contributed by atoms with E-state index in [0.717, 1.165) is 10.7 Å². The molecule has 0 aliphatic carbocycles. The molecular weight excluding hydrogens is 471 g/mol. The SMILES string of the molecule is CN=C(NCc1c(F)c(F)cc(F)c1F)N(C)Cc1csc(C)n1.I. The van der Waals surface area contributed by atoms with Gasteiger partial charge in [0.05, 0.1) is 17.2 Å². The molecule has 2 rings (SSSR count). The van der Waals surface area contributed by atoms with Crippen molar-refractivity contribution in [2.24, 2.45) is 4.99 Å². The highest BCUT2D eigenvalue weighted by molar-refractivity contribution is 14.0. The van der Waals surface area contributed by atoms with Crippen molar-refractivity contribution in [3.05, 3.63) is 51.0 Å². The Morgan fingerprint density at radius 2 is 1.84 bits per heavy atom. The van der Waals surface area contributed by atoms with Crippen molar-refractivity contribution < 1.29 is 17.6 Å². The summed E-state index contributed by atoms with van der Waals surface area (Å²) in [5.74, 6) is -5.41. The third kappa shape index (κ3) is 5.27. The molecule has 25 heavy (non-hydrogen) atoms. The highest BCUT2D eigenvalue weighted by atomic mass is 127. The van der Waals surface area contributed by atoms with Crippen LogP contribution in [0.15, 0.2) is 16.4 Å². The first-order valence-electron chi connectivity index (χ1n) is 6.98. The average Bonchev–Trinajstić information content (AvgIpc) is 2.93. The summed E-state index contributed by atoms with van der Waals surface area (Å²) in [4.78, 5) is 9.98. The molecule has 0 saturated carbocycles. The fourth-order valence-corrected chi connectivity index (χ4v) is 2.73. The van der Waals surface area contributed by atoms with E-state index in [1.165, 1.54) is 18.4 Å². The van der Waals surface area contributed by atoms with Crippen molar-refractivity contribution in [3.8, 4) is 0 Å². The highest BCUT2D eigenvalue weighted by Crippen LogP contribution is 2.19. The third-order valence-corrected chi connectivity index (χ3v) is 4.09. The van der Waals surface area contributed by atoms with E-state index in [4.69, 9.17) is 0 Å². The molecule has 138 valence electrons. The Morgan fingerprint density at radius 3 is 2.32 bits per heavy atom. The molecule has 0 aliphatic rings.